The maximum Gasteiger partial charge on any atom is 0.214 e. The molecule has 1 aliphatic heterocycles. The van der Waals surface area contributed by atoms with Gasteiger partial charge in [0.2, 0.25) is 10.0 Å². The second kappa shape index (κ2) is 5.14. The third-order valence-electron chi connectivity index (χ3n) is 2.33. The predicted octanol–water partition coefficient (Wildman–Crippen LogP) is 1.60. The summed E-state index contributed by atoms with van der Waals surface area (Å²) in [4.78, 5) is 0. The van der Waals surface area contributed by atoms with Crippen molar-refractivity contribution in [2.75, 3.05) is 24.7 Å². The summed E-state index contributed by atoms with van der Waals surface area (Å²) in [7, 11) is -3.06. The normalized spacial score (nSPS) is 19.4. The third kappa shape index (κ3) is 3.26. The molecule has 0 spiro atoms. The van der Waals surface area contributed by atoms with E-state index in [0.29, 0.717) is 25.4 Å². The van der Waals surface area contributed by atoms with E-state index in [1.165, 1.54) is 9.88 Å². The Balaban J connectivity index is 2.57. The van der Waals surface area contributed by atoms with Gasteiger partial charge >= 0.3 is 0 Å². The minimum absolute atomic E-state index is 0.170. The number of halogens is 1. The molecule has 0 aliphatic carbocycles. The molecule has 0 bridgehead atoms. The molecule has 0 aromatic rings. The van der Waals surface area contributed by atoms with Crippen LogP contribution in [0.4, 0.5) is 0 Å². The third-order valence-corrected chi connectivity index (χ3v) is 4.52. The van der Waals surface area contributed by atoms with E-state index < -0.39 is 10.0 Å². The molecule has 14 heavy (non-hydrogen) atoms. The number of alkyl halides is 1. The van der Waals surface area contributed by atoms with Crippen molar-refractivity contribution in [2.45, 2.75) is 19.8 Å². The first-order valence-corrected chi connectivity index (χ1v) is 6.90. The van der Waals surface area contributed by atoms with Gasteiger partial charge in [-0.2, -0.15) is 4.31 Å². The van der Waals surface area contributed by atoms with E-state index in [9.17, 15) is 8.42 Å². The summed E-state index contributed by atoms with van der Waals surface area (Å²) in [5.74, 6) is 0.575. The lowest BCUT2D eigenvalue weighted by atomic mass is 10.1. The zero-order valence-corrected chi connectivity index (χ0v) is 9.94. The van der Waals surface area contributed by atoms with Crippen LogP contribution in [-0.2, 0) is 10.0 Å². The highest BCUT2D eigenvalue weighted by Gasteiger charge is 2.22. The minimum Gasteiger partial charge on any atom is -0.212 e. The Bertz CT molecular complexity index is 311. The monoisotopic (exact) mass is 237 g/mol. The molecular weight excluding hydrogens is 222 g/mol. The van der Waals surface area contributed by atoms with E-state index >= 15 is 0 Å². The van der Waals surface area contributed by atoms with Crippen molar-refractivity contribution >= 4 is 21.6 Å². The molecule has 0 fully saturated rings. The van der Waals surface area contributed by atoms with E-state index in [4.69, 9.17) is 11.6 Å². The first-order valence-electron chi connectivity index (χ1n) is 4.75. The molecule has 1 rings (SSSR count). The van der Waals surface area contributed by atoms with E-state index in [1.54, 1.807) is 0 Å². The number of rotatable bonds is 4. The molecule has 0 radical (unpaired) electrons. The molecule has 0 N–H and O–H groups in total. The lowest BCUT2D eigenvalue weighted by Gasteiger charge is -2.24. The SMILES string of the molecule is CC1=CCN(S(=O)(=O)CCCCl)CC1. The van der Waals surface area contributed by atoms with Crippen LogP contribution in [0.3, 0.4) is 0 Å². The Morgan fingerprint density at radius 3 is 2.79 bits per heavy atom. The molecule has 0 saturated carbocycles. The standard InChI is InChI=1S/C9H16ClNO2S/c1-9-3-6-11(7-4-9)14(12,13)8-2-5-10/h3H,2,4-8H2,1H3. The average molecular weight is 238 g/mol. The fourth-order valence-electron chi connectivity index (χ4n) is 1.37. The maximum absolute atomic E-state index is 11.7. The fourth-order valence-corrected chi connectivity index (χ4v) is 3.10. The van der Waals surface area contributed by atoms with Gasteiger partial charge in [-0.15, -0.1) is 11.6 Å². The zero-order valence-electron chi connectivity index (χ0n) is 8.37. The van der Waals surface area contributed by atoms with Crippen LogP contribution in [0.2, 0.25) is 0 Å². The van der Waals surface area contributed by atoms with Crippen LogP contribution in [0, 0.1) is 0 Å². The average Bonchev–Trinajstić information content (AvgIpc) is 2.16. The van der Waals surface area contributed by atoms with Crippen LogP contribution in [0.5, 0.6) is 0 Å². The van der Waals surface area contributed by atoms with Crippen molar-refractivity contribution in [3.63, 3.8) is 0 Å². The van der Waals surface area contributed by atoms with Crippen molar-refractivity contribution in [1.29, 1.82) is 0 Å². The summed E-state index contributed by atoms with van der Waals surface area (Å²) >= 11 is 5.47. The lowest BCUT2D eigenvalue weighted by Crippen LogP contribution is -2.36. The highest BCUT2D eigenvalue weighted by Crippen LogP contribution is 2.14. The van der Waals surface area contributed by atoms with Crippen molar-refractivity contribution in [3.8, 4) is 0 Å². The van der Waals surface area contributed by atoms with Gasteiger partial charge in [-0.05, 0) is 19.8 Å². The van der Waals surface area contributed by atoms with Gasteiger partial charge in [0.25, 0.3) is 0 Å². The molecule has 5 heteroatoms. The summed E-state index contributed by atoms with van der Waals surface area (Å²) < 4.78 is 24.9. The van der Waals surface area contributed by atoms with Crippen LogP contribution in [0.1, 0.15) is 19.8 Å². The van der Waals surface area contributed by atoms with Crippen LogP contribution in [0.15, 0.2) is 11.6 Å². The summed E-state index contributed by atoms with van der Waals surface area (Å²) in [6.07, 6.45) is 3.35. The quantitative estimate of drug-likeness (QED) is 0.550. The topological polar surface area (TPSA) is 37.4 Å². The van der Waals surface area contributed by atoms with Gasteiger partial charge in [0, 0.05) is 19.0 Å². The van der Waals surface area contributed by atoms with E-state index in [1.807, 2.05) is 13.0 Å². The summed E-state index contributed by atoms with van der Waals surface area (Å²) in [6, 6.07) is 0. The molecular formula is C9H16ClNO2S. The second-order valence-electron chi connectivity index (χ2n) is 3.52. The Labute approximate surface area is 90.8 Å². The maximum atomic E-state index is 11.7. The molecule has 0 atom stereocenters. The summed E-state index contributed by atoms with van der Waals surface area (Å²) in [5, 5.41) is 0. The van der Waals surface area contributed by atoms with Gasteiger partial charge in [0.1, 0.15) is 0 Å². The largest absolute Gasteiger partial charge is 0.214 e. The zero-order chi connectivity index (χ0) is 10.6. The van der Waals surface area contributed by atoms with Crippen molar-refractivity contribution < 1.29 is 8.42 Å². The molecule has 0 aromatic heterocycles. The highest BCUT2D eigenvalue weighted by atomic mass is 35.5. The molecule has 0 aromatic carbocycles. The van der Waals surface area contributed by atoms with E-state index in [0.717, 1.165) is 6.42 Å². The Morgan fingerprint density at radius 2 is 2.29 bits per heavy atom. The van der Waals surface area contributed by atoms with Gasteiger partial charge in [0.15, 0.2) is 0 Å². The molecule has 82 valence electrons. The summed E-state index contributed by atoms with van der Waals surface area (Å²) in [5.41, 5.74) is 1.27. The molecule has 0 unspecified atom stereocenters. The van der Waals surface area contributed by atoms with Gasteiger partial charge in [-0.1, -0.05) is 11.6 Å². The predicted molar refractivity (Wildman–Crippen MR) is 59.1 cm³/mol. The Kier molecular flexibility index (Phi) is 4.41. The minimum atomic E-state index is -3.06. The second-order valence-corrected chi connectivity index (χ2v) is 5.98. The van der Waals surface area contributed by atoms with Gasteiger partial charge in [-0.3, -0.25) is 0 Å². The molecule has 0 saturated heterocycles. The van der Waals surface area contributed by atoms with Gasteiger partial charge < -0.3 is 0 Å². The number of hydrogen-bond acceptors (Lipinski definition) is 2. The fraction of sp³-hybridized carbons (Fsp3) is 0.778. The molecule has 1 aliphatic rings. The lowest BCUT2D eigenvalue weighted by molar-refractivity contribution is 0.431. The van der Waals surface area contributed by atoms with E-state index in [-0.39, 0.29) is 5.75 Å². The van der Waals surface area contributed by atoms with Gasteiger partial charge in [0.05, 0.1) is 5.75 Å². The van der Waals surface area contributed by atoms with Gasteiger partial charge in [-0.25, -0.2) is 8.42 Å². The van der Waals surface area contributed by atoms with Crippen LogP contribution in [-0.4, -0.2) is 37.4 Å². The van der Waals surface area contributed by atoms with Crippen molar-refractivity contribution in [3.05, 3.63) is 11.6 Å². The van der Waals surface area contributed by atoms with Crippen LogP contribution < -0.4 is 0 Å². The molecule has 0 amide bonds. The smallest absolute Gasteiger partial charge is 0.212 e. The Morgan fingerprint density at radius 1 is 1.57 bits per heavy atom. The number of hydrogen-bond donors (Lipinski definition) is 0. The first-order chi connectivity index (χ1) is 6.56. The van der Waals surface area contributed by atoms with Crippen molar-refractivity contribution in [2.24, 2.45) is 0 Å². The molecule has 3 nitrogen and oxygen atoms in total. The van der Waals surface area contributed by atoms with E-state index in [2.05, 4.69) is 0 Å². The molecule has 1 heterocycles. The van der Waals surface area contributed by atoms with Crippen molar-refractivity contribution in [1.82, 2.24) is 4.31 Å². The number of sulfonamides is 1. The number of nitrogens with zero attached hydrogens (tertiary/aromatic N) is 1. The van der Waals surface area contributed by atoms with Crippen LogP contribution in [0.25, 0.3) is 0 Å². The summed E-state index contributed by atoms with van der Waals surface area (Å²) in [6.45, 7) is 3.17. The first kappa shape index (κ1) is 12.0. The highest BCUT2D eigenvalue weighted by molar-refractivity contribution is 7.89. The Hall–Kier alpha value is -0.0600. The van der Waals surface area contributed by atoms with Crippen LogP contribution >= 0.6 is 11.6 Å².